The van der Waals surface area contributed by atoms with Gasteiger partial charge in [0.2, 0.25) is 5.88 Å². The van der Waals surface area contributed by atoms with Crippen molar-refractivity contribution in [2.75, 3.05) is 4.72 Å². The van der Waals surface area contributed by atoms with Crippen molar-refractivity contribution in [2.45, 2.75) is 25.3 Å². The Morgan fingerprint density at radius 3 is 2.50 bits per heavy atom. The topological polar surface area (TPSA) is 133 Å². The van der Waals surface area contributed by atoms with E-state index in [1.54, 1.807) is 36.6 Å². The average Bonchev–Trinajstić information content (AvgIpc) is 3.36. The molecule has 4 aromatic rings. The van der Waals surface area contributed by atoms with Crippen LogP contribution in [0.3, 0.4) is 0 Å². The number of carbonyl (C=O) groups is 1. The summed E-state index contributed by atoms with van der Waals surface area (Å²) in [6.45, 7) is 3.88. The number of benzene rings is 2. The summed E-state index contributed by atoms with van der Waals surface area (Å²) in [6, 6.07) is 14.1. The summed E-state index contributed by atoms with van der Waals surface area (Å²) in [5, 5.41) is 3.79. The van der Waals surface area contributed by atoms with Crippen molar-refractivity contribution in [2.24, 2.45) is 5.73 Å². The number of sulfonamides is 1. The number of nitrogens with one attached hydrogen (secondary N) is 1. The van der Waals surface area contributed by atoms with Crippen LogP contribution in [0.15, 0.2) is 70.5 Å². The van der Waals surface area contributed by atoms with Gasteiger partial charge in [0.25, 0.3) is 15.9 Å². The molecule has 0 aliphatic heterocycles. The molecule has 0 aliphatic rings. The molecule has 164 valence electrons. The summed E-state index contributed by atoms with van der Waals surface area (Å²) in [6.07, 6.45) is 2.96. The second kappa shape index (κ2) is 8.31. The first-order valence-corrected chi connectivity index (χ1v) is 11.2. The summed E-state index contributed by atoms with van der Waals surface area (Å²) < 4.78 is 35.4. The van der Waals surface area contributed by atoms with Crippen molar-refractivity contribution in [3.05, 3.63) is 83.6 Å². The Labute approximate surface area is 184 Å². The monoisotopic (exact) mass is 451 g/mol. The lowest BCUT2D eigenvalue weighted by atomic mass is 10.0. The smallest absolute Gasteiger partial charge is 0.266 e. The maximum absolute atomic E-state index is 13.1. The van der Waals surface area contributed by atoms with Crippen LogP contribution in [-0.2, 0) is 16.6 Å². The fourth-order valence-corrected chi connectivity index (χ4v) is 4.54. The third kappa shape index (κ3) is 4.12. The van der Waals surface area contributed by atoms with Crippen LogP contribution in [-0.4, -0.2) is 29.0 Å². The van der Waals surface area contributed by atoms with E-state index in [2.05, 4.69) is 14.9 Å². The van der Waals surface area contributed by atoms with Gasteiger partial charge in [-0.15, -0.1) is 0 Å². The predicted molar refractivity (Wildman–Crippen MR) is 119 cm³/mol. The normalized spacial score (nSPS) is 11.4. The molecule has 2 heterocycles. The molecule has 4 rings (SSSR count). The summed E-state index contributed by atoms with van der Waals surface area (Å²) in [5.74, 6) is -0.457. The van der Waals surface area contributed by atoms with Gasteiger partial charge in [-0.25, -0.2) is 18.1 Å². The molecule has 0 fully saturated rings. The molecule has 2 aromatic heterocycles. The number of nitrogens with two attached hydrogens (primary N) is 1. The van der Waals surface area contributed by atoms with E-state index in [9.17, 15) is 13.2 Å². The van der Waals surface area contributed by atoms with E-state index in [0.717, 1.165) is 11.1 Å². The quantitative estimate of drug-likeness (QED) is 0.444. The van der Waals surface area contributed by atoms with Gasteiger partial charge in [-0.3, -0.25) is 4.79 Å². The van der Waals surface area contributed by atoms with Gasteiger partial charge in [0.05, 0.1) is 23.1 Å². The summed E-state index contributed by atoms with van der Waals surface area (Å²) in [5.41, 5.74) is 9.09. The lowest BCUT2D eigenvalue weighted by Gasteiger charge is -2.12. The van der Waals surface area contributed by atoms with Crippen molar-refractivity contribution < 1.29 is 17.7 Å². The molecule has 32 heavy (non-hydrogen) atoms. The number of aromatic nitrogens is 3. The number of hydrogen-bond donors (Lipinski definition) is 2. The molecule has 0 atom stereocenters. The van der Waals surface area contributed by atoms with Crippen LogP contribution in [0.1, 0.15) is 27.3 Å². The highest BCUT2D eigenvalue weighted by atomic mass is 32.2. The maximum Gasteiger partial charge on any atom is 0.266 e. The summed E-state index contributed by atoms with van der Waals surface area (Å²) >= 11 is 0. The van der Waals surface area contributed by atoms with E-state index in [4.69, 9.17) is 10.3 Å². The highest BCUT2D eigenvalue weighted by Crippen LogP contribution is 2.30. The fraction of sp³-hybridized carbons (Fsp3) is 0.136. The molecule has 0 bridgehead atoms. The molecule has 0 unspecified atom stereocenters. The number of nitrogens with zero attached hydrogens (tertiary/aromatic N) is 3. The van der Waals surface area contributed by atoms with Crippen LogP contribution in [0.4, 0.5) is 5.88 Å². The van der Waals surface area contributed by atoms with Crippen molar-refractivity contribution in [1.82, 2.24) is 14.7 Å². The van der Waals surface area contributed by atoms with Crippen LogP contribution < -0.4 is 10.5 Å². The molecule has 0 aliphatic carbocycles. The number of amides is 1. The molecule has 9 nitrogen and oxygen atoms in total. The molecule has 0 radical (unpaired) electrons. The van der Waals surface area contributed by atoms with E-state index >= 15 is 0 Å². The number of carbonyl (C=O) groups excluding carboxylic acids is 1. The first-order valence-electron chi connectivity index (χ1n) is 9.70. The van der Waals surface area contributed by atoms with Gasteiger partial charge in [-0.1, -0.05) is 47.6 Å². The van der Waals surface area contributed by atoms with Gasteiger partial charge in [-0.05, 0) is 31.0 Å². The van der Waals surface area contributed by atoms with Gasteiger partial charge in [0, 0.05) is 17.7 Å². The number of anilines is 1. The van der Waals surface area contributed by atoms with Crippen molar-refractivity contribution in [3.8, 4) is 11.1 Å². The second-order valence-corrected chi connectivity index (χ2v) is 8.94. The van der Waals surface area contributed by atoms with Crippen molar-refractivity contribution >= 4 is 21.8 Å². The van der Waals surface area contributed by atoms with Crippen molar-refractivity contribution in [3.63, 3.8) is 0 Å². The molecule has 0 saturated carbocycles. The molecular formula is C22H21N5O4S. The van der Waals surface area contributed by atoms with Gasteiger partial charge >= 0.3 is 0 Å². The van der Waals surface area contributed by atoms with E-state index in [0.29, 0.717) is 29.1 Å². The second-order valence-electron chi connectivity index (χ2n) is 7.29. The Morgan fingerprint density at radius 1 is 1.12 bits per heavy atom. The number of aryl methyl sites for hydroxylation is 1. The molecule has 0 saturated heterocycles. The summed E-state index contributed by atoms with van der Waals surface area (Å²) in [4.78, 5) is 15.6. The molecule has 1 amide bonds. The number of rotatable bonds is 7. The van der Waals surface area contributed by atoms with Crippen LogP contribution in [0.25, 0.3) is 11.1 Å². The Morgan fingerprint density at radius 2 is 1.84 bits per heavy atom. The number of imidazole rings is 1. The lowest BCUT2D eigenvalue weighted by Crippen LogP contribution is -2.16. The Balaban J connectivity index is 1.63. The van der Waals surface area contributed by atoms with E-state index < -0.39 is 15.9 Å². The molecule has 10 heteroatoms. The molecular weight excluding hydrogens is 430 g/mol. The molecule has 2 aromatic carbocycles. The predicted octanol–water partition coefficient (Wildman–Crippen LogP) is 3.10. The molecule has 0 spiro atoms. The molecule has 3 N–H and O–H groups in total. The highest BCUT2D eigenvalue weighted by Gasteiger charge is 2.22. The van der Waals surface area contributed by atoms with Gasteiger partial charge in [0.1, 0.15) is 5.69 Å². The Bertz CT molecular complexity index is 1390. The zero-order valence-corrected chi connectivity index (χ0v) is 18.3. The minimum atomic E-state index is -3.92. The Kier molecular flexibility index (Phi) is 5.54. The largest absolute Gasteiger partial charge is 0.364 e. The average molecular weight is 452 g/mol. The number of hydrogen-bond acceptors (Lipinski definition) is 6. The first kappa shape index (κ1) is 21.3. The van der Waals surface area contributed by atoms with E-state index in [1.165, 1.54) is 18.6 Å². The van der Waals surface area contributed by atoms with E-state index in [-0.39, 0.29) is 10.8 Å². The third-order valence-corrected chi connectivity index (χ3v) is 6.53. The van der Waals surface area contributed by atoms with Gasteiger partial charge in [-0.2, -0.15) is 0 Å². The SMILES string of the molecule is Cc1noc(NS(=O)(=O)c2ccccc2-c2ccc(Cn3cncc3C(N)=O)cc2)c1C. The zero-order chi connectivity index (χ0) is 22.9. The van der Waals surface area contributed by atoms with E-state index in [1.807, 2.05) is 24.3 Å². The highest BCUT2D eigenvalue weighted by molar-refractivity contribution is 7.92. The van der Waals surface area contributed by atoms with Gasteiger partial charge in [0.15, 0.2) is 0 Å². The lowest BCUT2D eigenvalue weighted by molar-refractivity contribution is 0.0992. The van der Waals surface area contributed by atoms with Crippen LogP contribution >= 0.6 is 0 Å². The van der Waals surface area contributed by atoms with Crippen LogP contribution in [0.5, 0.6) is 0 Å². The van der Waals surface area contributed by atoms with Crippen LogP contribution in [0, 0.1) is 13.8 Å². The van der Waals surface area contributed by atoms with Gasteiger partial charge < -0.3 is 14.8 Å². The minimum absolute atomic E-state index is 0.0956. The minimum Gasteiger partial charge on any atom is -0.364 e. The summed E-state index contributed by atoms with van der Waals surface area (Å²) in [7, 11) is -3.92. The van der Waals surface area contributed by atoms with Crippen molar-refractivity contribution in [1.29, 1.82) is 0 Å². The fourth-order valence-electron chi connectivity index (χ4n) is 3.27. The maximum atomic E-state index is 13.1. The first-order chi connectivity index (χ1) is 15.3. The van der Waals surface area contributed by atoms with Crippen LogP contribution in [0.2, 0.25) is 0 Å². The number of primary amides is 1. The Hall–Kier alpha value is -3.92. The standard InChI is InChI=1S/C22H21N5O4S/c1-14-15(2)25-31-22(14)26-32(29,30)20-6-4-3-5-18(20)17-9-7-16(8-10-17)12-27-13-24-11-19(27)21(23)28/h3-11,13,26H,12H2,1-2H3,(H2,23,28). The third-order valence-electron chi connectivity index (χ3n) is 5.14. The zero-order valence-electron chi connectivity index (χ0n) is 17.4.